The molecule has 0 rings (SSSR count). The van der Waals surface area contributed by atoms with Crippen LogP contribution in [-0.4, -0.2) is 16.4 Å². The van der Waals surface area contributed by atoms with E-state index in [1.807, 2.05) is 0 Å². The van der Waals surface area contributed by atoms with Crippen molar-refractivity contribution in [2.45, 2.75) is 58.3 Å². The van der Waals surface area contributed by atoms with Gasteiger partial charge in [-0.2, -0.15) is 0 Å². The zero-order chi connectivity index (χ0) is 18.6. The van der Waals surface area contributed by atoms with E-state index >= 15 is 0 Å². The molecule has 0 fully saturated rings. The number of carboxylic acids is 1. The number of hydrogen-bond donors (Lipinski definition) is 1. The van der Waals surface area contributed by atoms with Crippen molar-refractivity contribution in [2.75, 3.05) is 0 Å². The second-order valence-corrected chi connectivity index (χ2v) is 6.06. The van der Waals surface area contributed by atoms with Crippen LogP contribution < -0.4 is 0 Å². The van der Waals surface area contributed by atoms with E-state index in [0.717, 1.165) is 38.5 Å². The van der Waals surface area contributed by atoms with Gasteiger partial charge in [-0.3, -0.25) is 4.79 Å². The standard InChI is InChI=1S/C22H32O2S/c1-2-3-4-5-6-7-8-9-10-11-12-13-14-15-16-17-18-21(19-20-25)22(23)24/h3-4,6-7,9-10,12-13,15-16,20-21H,2,5,8,11,14,17-19H2,1H3,(H,23,24). The van der Waals surface area contributed by atoms with Crippen LogP contribution in [0.4, 0.5) is 0 Å². The molecule has 2 nitrogen and oxygen atoms in total. The molecule has 0 radical (unpaired) electrons. The highest BCUT2D eigenvalue weighted by atomic mass is 32.1. The Hall–Kier alpha value is -1.74. The number of aliphatic carboxylic acids is 1. The van der Waals surface area contributed by atoms with E-state index in [1.54, 1.807) is 0 Å². The van der Waals surface area contributed by atoms with Crippen LogP contribution in [0.25, 0.3) is 0 Å². The summed E-state index contributed by atoms with van der Waals surface area (Å²) in [6, 6.07) is 0. The van der Waals surface area contributed by atoms with Gasteiger partial charge in [0.15, 0.2) is 0 Å². The SMILES string of the molecule is CCC=CCC=CCC=CCC=CCC=CCCC(CC=S)C(=O)O. The maximum absolute atomic E-state index is 11.0. The van der Waals surface area contributed by atoms with Crippen molar-refractivity contribution in [3.8, 4) is 0 Å². The molecule has 0 aromatic heterocycles. The van der Waals surface area contributed by atoms with Crippen molar-refractivity contribution >= 4 is 23.6 Å². The third-order valence-electron chi connectivity index (χ3n) is 3.57. The second-order valence-electron chi connectivity index (χ2n) is 5.72. The topological polar surface area (TPSA) is 37.3 Å². The largest absolute Gasteiger partial charge is 0.481 e. The zero-order valence-electron chi connectivity index (χ0n) is 15.3. The summed E-state index contributed by atoms with van der Waals surface area (Å²) >= 11 is 4.74. The molecule has 1 N–H and O–H groups in total. The number of carbonyl (C=O) groups is 1. The predicted octanol–water partition coefficient (Wildman–Crippen LogP) is 6.61. The van der Waals surface area contributed by atoms with E-state index in [-0.39, 0.29) is 5.92 Å². The molecule has 0 amide bonds. The Morgan fingerprint density at radius 1 is 0.840 bits per heavy atom. The average Bonchev–Trinajstić information content (AvgIpc) is 2.60. The first-order valence-electron chi connectivity index (χ1n) is 9.13. The molecule has 0 aliphatic rings. The van der Waals surface area contributed by atoms with E-state index in [2.05, 4.69) is 67.7 Å². The van der Waals surface area contributed by atoms with Gasteiger partial charge in [0.05, 0.1) is 5.92 Å². The summed E-state index contributed by atoms with van der Waals surface area (Å²) in [5, 5.41) is 10.5. The molecule has 1 unspecified atom stereocenters. The minimum absolute atomic E-state index is 0.348. The first-order valence-corrected chi connectivity index (χ1v) is 9.60. The molecule has 0 aliphatic carbocycles. The van der Waals surface area contributed by atoms with Crippen molar-refractivity contribution in [3.05, 3.63) is 60.8 Å². The van der Waals surface area contributed by atoms with Gasteiger partial charge in [-0.15, -0.1) is 0 Å². The lowest BCUT2D eigenvalue weighted by Crippen LogP contribution is -2.13. The molecule has 138 valence electrons. The van der Waals surface area contributed by atoms with Crippen LogP contribution >= 0.6 is 12.2 Å². The second kappa shape index (κ2) is 18.6. The van der Waals surface area contributed by atoms with Crippen molar-refractivity contribution in [2.24, 2.45) is 5.92 Å². The zero-order valence-corrected chi connectivity index (χ0v) is 16.2. The minimum Gasteiger partial charge on any atom is -0.481 e. The lowest BCUT2D eigenvalue weighted by atomic mass is 10.0. The van der Waals surface area contributed by atoms with Crippen molar-refractivity contribution in [3.63, 3.8) is 0 Å². The molecule has 0 aromatic carbocycles. The van der Waals surface area contributed by atoms with Crippen LogP contribution in [0.1, 0.15) is 58.3 Å². The summed E-state index contributed by atoms with van der Waals surface area (Å²) < 4.78 is 0. The molecule has 0 aliphatic heterocycles. The molecule has 1 atom stereocenters. The first-order chi connectivity index (χ1) is 12.2. The molecule has 0 bridgehead atoms. The lowest BCUT2D eigenvalue weighted by molar-refractivity contribution is -0.141. The number of carboxylic acid groups (broad SMARTS) is 1. The van der Waals surface area contributed by atoms with Gasteiger partial charge in [-0.1, -0.05) is 79.9 Å². The highest BCUT2D eigenvalue weighted by Crippen LogP contribution is 2.11. The number of hydrogen-bond acceptors (Lipinski definition) is 2. The molecule has 0 saturated heterocycles. The monoisotopic (exact) mass is 360 g/mol. The lowest BCUT2D eigenvalue weighted by Gasteiger charge is -2.06. The Labute approximate surface area is 158 Å². The van der Waals surface area contributed by atoms with Gasteiger partial charge in [-0.05, 0) is 56.7 Å². The molecule has 0 spiro atoms. The summed E-state index contributed by atoms with van der Waals surface area (Å²) in [5.41, 5.74) is 0. The van der Waals surface area contributed by atoms with Crippen LogP contribution in [0, 0.1) is 5.92 Å². The van der Waals surface area contributed by atoms with Gasteiger partial charge in [-0.25, -0.2) is 0 Å². The van der Waals surface area contributed by atoms with Crippen molar-refractivity contribution < 1.29 is 9.90 Å². The molecule has 3 heteroatoms. The van der Waals surface area contributed by atoms with E-state index < -0.39 is 5.97 Å². The Morgan fingerprint density at radius 2 is 1.28 bits per heavy atom. The Kier molecular flexibility index (Phi) is 17.3. The maximum atomic E-state index is 11.0. The van der Waals surface area contributed by atoms with Crippen LogP contribution in [0.15, 0.2) is 60.8 Å². The molecule has 0 saturated carbocycles. The van der Waals surface area contributed by atoms with Gasteiger partial charge in [0, 0.05) is 0 Å². The predicted molar refractivity (Wildman–Crippen MR) is 113 cm³/mol. The third-order valence-corrected chi connectivity index (χ3v) is 3.76. The van der Waals surface area contributed by atoms with Crippen LogP contribution in [0.5, 0.6) is 0 Å². The molecule has 0 heterocycles. The maximum Gasteiger partial charge on any atom is 0.306 e. The van der Waals surface area contributed by atoms with E-state index in [0.29, 0.717) is 12.8 Å². The Bertz CT molecular complexity index is 484. The van der Waals surface area contributed by atoms with Crippen LogP contribution in [-0.2, 0) is 4.79 Å². The van der Waals surface area contributed by atoms with Crippen molar-refractivity contribution in [1.82, 2.24) is 0 Å². The molecular weight excluding hydrogens is 328 g/mol. The summed E-state index contributed by atoms with van der Waals surface area (Å²) in [6.45, 7) is 2.14. The highest BCUT2D eigenvalue weighted by molar-refractivity contribution is 7.78. The van der Waals surface area contributed by atoms with E-state index in [4.69, 9.17) is 17.3 Å². The van der Waals surface area contributed by atoms with Gasteiger partial charge < -0.3 is 5.11 Å². The van der Waals surface area contributed by atoms with Crippen LogP contribution in [0.3, 0.4) is 0 Å². The highest BCUT2D eigenvalue weighted by Gasteiger charge is 2.14. The molecule has 0 aromatic rings. The summed E-state index contributed by atoms with van der Waals surface area (Å²) in [6.07, 6.45) is 28.4. The quantitative estimate of drug-likeness (QED) is 0.264. The Morgan fingerprint density at radius 3 is 1.68 bits per heavy atom. The fourth-order valence-electron chi connectivity index (χ4n) is 2.12. The first kappa shape index (κ1) is 23.3. The molecular formula is C22H32O2S. The summed E-state index contributed by atoms with van der Waals surface area (Å²) in [5.74, 6) is -1.10. The normalized spacial score (nSPS) is 13.8. The average molecular weight is 361 g/mol. The van der Waals surface area contributed by atoms with E-state index in [9.17, 15) is 4.79 Å². The van der Waals surface area contributed by atoms with Crippen LogP contribution in [0.2, 0.25) is 0 Å². The fourth-order valence-corrected chi connectivity index (χ4v) is 2.36. The summed E-state index contributed by atoms with van der Waals surface area (Å²) in [4.78, 5) is 11.0. The third kappa shape index (κ3) is 16.9. The fraction of sp³-hybridized carbons (Fsp3) is 0.455. The summed E-state index contributed by atoms with van der Waals surface area (Å²) in [7, 11) is 0. The number of allylic oxidation sites excluding steroid dienone is 10. The van der Waals surface area contributed by atoms with Gasteiger partial charge >= 0.3 is 5.97 Å². The van der Waals surface area contributed by atoms with Gasteiger partial charge in [0.2, 0.25) is 0 Å². The van der Waals surface area contributed by atoms with Gasteiger partial charge in [0.25, 0.3) is 0 Å². The Balaban J connectivity index is 3.68. The number of thiocarbonyl (C=S) groups is 1. The smallest absolute Gasteiger partial charge is 0.306 e. The minimum atomic E-state index is -0.756. The van der Waals surface area contributed by atoms with Gasteiger partial charge in [0.1, 0.15) is 0 Å². The molecule has 25 heavy (non-hydrogen) atoms. The van der Waals surface area contributed by atoms with Crippen molar-refractivity contribution in [1.29, 1.82) is 0 Å². The number of rotatable bonds is 15. The van der Waals surface area contributed by atoms with E-state index in [1.165, 1.54) is 5.37 Å².